The summed E-state index contributed by atoms with van der Waals surface area (Å²) >= 11 is 0. The largest absolute Gasteiger partial charge is 0.484 e. The second-order valence-corrected chi connectivity index (χ2v) is 7.84. The van der Waals surface area contributed by atoms with Gasteiger partial charge in [-0.25, -0.2) is 4.68 Å². The minimum absolute atomic E-state index is 0.118. The summed E-state index contributed by atoms with van der Waals surface area (Å²) in [7, 11) is 0. The molecule has 1 saturated heterocycles. The van der Waals surface area contributed by atoms with Crippen molar-refractivity contribution in [3.8, 4) is 11.4 Å². The molecule has 0 saturated carbocycles. The van der Waals surface area contributed by atoms with E-state index >= 15 is 0 Å². The van der Waals surface area contributed by atoms with Crippen LogP contribution in [0.5, 0.6) is 5.75 Å². The van der Waals surface area contributed by atoms with Crippen molar-refractivity contribution < 1.29 is 19.7 Å². The molecule has 0 aliphatic carbocycles. The average Bonchev–Trinajstić information content (AvgIpc) is 3.35. The second-order valence-electron chi connectivity index (χ2n) is 7.84. The maximum absolute atomic E-state index is 12.8. The molecule has 2 N–H and O–H groups in total. The molecule has 1 unspecified atom stereocenters. The van der Waals surface area contributed by atoms with Crippen LogP contribution in [0.3, 0.4) is 0 Å². The molecular weight excluding hydrogens is 398 g/mol. The highest BCUT2D eigenvalue weighted by Crippen LogP contribution is 2.34. The first-order valence-corrected chi connectivity index (χ1v) is 10.2. The zero-order valence-corrected chi connectivity index (χ0v) is 17.0. The highest BCUT2D eigenvalue weighted by molar-refractivity contribution is 5.78. The van der Waals surface area contributed by atoms with Crippen LogP contribution in [0.15, 0.2) is 60.9 Å². The van der Waals surface area contributed by atoms with Gasteiger partial charge in [0.1, 0.15) is 12.1 Å². The molecule has 1 aromatic heterocycles. The van der Waals surface area contributed by atoms with Crippen LogP contribution in [0.4, 0.5) is 0 Å². The smallest absolute Gasteiger partial charge is 0.260 e. The van der Waals surface area contributed by atoms with Crippen molar-refractivity contribution in [3.05, 3.63) is 66.5 Å². The van der Waals surface area contributed by atoms with Gasteiger partial charge in [0.2, 0.25) is 0 Å². The fourth-order valence-corrected chi connectivity index (χ4v) is 3.96. The Bertz CT molecular complexity index is 981. The van der Waals surface area contributed by atoms with Gasteiger partial charge in [0.05, 0.1) is 18.4 Å². The molecule has 2 heterocycles. The maximum Gasteiger partial charge on any atom is 0.260 e. The third kappa shape index (κ3) is 4.73. The van der Waals surface area contributed by atoms with E-state index in [1.807, 2.05) is 30.3 Å². The van der Waals surface area contributed by atoms with Crippen LogP contribution < -0.4 is 4.74 Å². The molecule has 2 aromatic carbocycles. The number of aromatic nitrogens is 4. The van der Waals surface area contributed by atoms with E-state index in [0.717, 1.165) is 11.3 Å². The fourth-order valence-electron chi connectivity index (χ4n) is 3.96. The number of rotatable bonds is 7. The van der Waals surface area contributed by atoms with Crippen LogP contribution in [0, 0.1) is 5.41 Å². The number of hydrogen-bond donors (Lipinski definition) is 2. The first kappa shape index (κ1) is 21.0. The molecule has 1 fully saturated rings. The summed E-state index contributed by atoms with van der Waals surface area (Å²) in [6.45, 7) is 0.387. The Hall–Kier alpha value is -3.30. The normalized spacial score (nSPS) is 21.1. The SMILES string of the molecule is O=C(COc1ccc(-n2cnnn2)cc1)N1CCC(O)[C@](CO)(Cc2ccccc2)C1. The third-order valence-corrected chi connectivity index (χ3v) is 5.76. The number of amides is 1. The monoisotopic (exact) mass is 423 g/mol. The number of carbonyl (C=O) groups excluding carboxylic acids is 1. The van der Waals surface area contributed by atoms with Crippen LogP contribution >= 0.6 is 0 Å². The summed E-state index contributed by atoms with van der Waals surface area (Å²) in [4.78, 5) is 14.5. The van der Waals surface area contributed by atoms with Crippen molar-refractivity contribution in [2.45, 2.75) is 18.9 Å². The molecule has 0 bridgehead atoms. The van der Waals surface area contributed by atoms with Crippen molar-refractivity contribution in [3.63, 3.8) is 0 Å². The van der Waals surface area contributed by atoms with Gasteiger partial charge in [0.25, 0.3) is 5.91 Å². The molecule has 162 valence electrons. The minimum Gasteiger partial charge on any atom is -0.484 e. The molecule has 9 nitrogen and oxygen atoms in total. The quantitative estimate of drug-likeness (QED) is 0.579. The molecule has 4 rings (SSSR count). The van der Waals surface area contributed by atoms with Gasteiger partial charge in [0, 0.05) is 18.5 Å². The van der Waals surface area contributed by atoms with Crippen LogP contribution in [0.2, 0.25) is 0 Å². The Morgan fingerprint density at radius 3 is 2.61 bits per heavy atom. The molecule has 31 heavy (non-hydrogen) atoms. The molecule has 0 spiro atoms. The lowest BCUT2D eigenvalue weighted by molar-refractivity contribution is -0.143. The maximum atomic E-state index is 12.8. The summed E-state index contributed by atoms with van der Waals surface area (Å²) < 4.78 is 7.19. The summed E-state index contributed by atoms with van der Waals surface area (Å²) in [5.41, 5.74) is 1.01. The van der Waals surface area contributed by atoms with Gasteiger partial charge < -0.3 is 19.8 Å². The van der Waals surface area contributed by atoms with Gasteiger partial charge in [-0.05, 0) is 53.1 Å². The van der Waals surface area contributed by atoms with Gasteiger partial charge in [0.15, 0.2) is 6.61 Å². The lowest BCUT2D eigenvalue weighted by atomic mass is 9.73. The van der Waals surface area contributed by atoms with Crippen LogP contribution in [0.1, 0.15) is 12.0 Å². The van der Waals surface area contributed by atoms with E-state index in [4.69, 9.17) is 4.74 Å². The summed E-state index contributed by atoms with van der Waals surface area (Å²) in [5.74, 6) is 0.377. The molecule has 1 amide bonds. The van der Waals surface area contributed by atoms with Gasteiger partial charge in [-0.1, -0.05) is 30.3 Å². The number of tetrazole rings is 1. The summed E-state index contributed by atoms with van der Waals surface area (Å²) in [6, 6.07) is 16.8. The standard InChI is InChI=1S/C22H25N5O4/c28-15-22(12-17-4-2-1-3-5-17)14-26(11-10-20(22)29)21(30)13-31-19-8-6-18(7-9-19)27-16-23-24-25-27/h1-9,16,20,28-29H,10-15H2/t20?,22-/m1/s1. The van der Waals surface area contributed by atoms with Gasteiger partial charge in [-0.15, -0.1) is 5.10 Å². The lowest BCUT2D eigenvalue weighted by Gasteiger charge is -2.45. The zero-order chi connectivity index (χ0) is 21.7. The molecule has 0 radical (unpaired) electrons. The number of piperidine rings is 1. The van der Waals surface area contributed by atoms with E-state index in [9.17, 15) is 15.0 Å². The average molecular weight is 423 g/mol. The fraction of sp³-hybridized carbons (Fsp3) is 0.364. The van der Waals surface area contributed by atoms with Crippen molar-refractivity contribution >= 4 is 5.91 Å². The number of likely N-dealkylation sites (tertiary alicyclic amines) is 1. The van der Waals surface area contributed by atoms with Crippen molar-refractivity contribution in [2.75, 3.05) is 26.3 Å². The Morgan fingerprint density at radius 2 is 1.94 bits per heavy atom. The van der Waals surface area contributed by atoms with E-state index < -0.39 is 11.5 Å². The molecule has 3 aromatic rings. The number of benzene rings is 2. The van der Waals surface area contributed by atoms with E-state index in [-0.39, 0.29) is 25.7 Å². The minimum atomic E-state index is -0.789. The highest BCUT2D eigenvalue weighted by Gasteiger charge is 2.43. The van der Waals surface area contributed by atoms with E-state index in [0.29, 0.717) is 25.1 Å². The highest BCUT2D eigenvalue weighted by atomic mass is 16.5. The predicted octanol–water partition coefficient (Wildman–Crippen LogP) is 0.856. The predicted molar refractivity (Wildman–Crippen MR) is 112 cm³/mol. The van der Waals surface area contributed by atoms with Crippen molar-refractivity contribution in [1.82, 2.24) is 25.1 Å². The first-order valence-electron chi connectivity index (χ1n) is 10.2. The third-order valence-electron chi connectivity index (χ3n) is 5.76. The summed E-state index contributed by atoms with van der Waals surface area (Å²) in [5, 5.41) is 31.8. The number of aliphatic hydroxyl groups excluding tert-OH is 2. The topological polar surface area (TPSA) is 114 Å². The molecule has 1 aliphatic heterocycles. The molecule has 9 heteroatoms. The lowest BCUT2D eigenvalue weighted by Crippen LogP contribution is -2.57. The van der Waals surface area contributed by atoms with E-state index in [1.165, 1.54) is 11.0 Å². The Labute approximate surface area is 179 Å². The number of ether oxygens (including phenoxy) is 1. The number of nitrogens with zero attached hydrogens (tertiary/aromatic N) is 5. The van der Waals surface area contributed by atoms with E-state index in [2.05, 4.69) is 15.5 Å². The Kier molecular flexibility index (Phi) is 6.24. The van der Waals surface area contributed by atoms with Crippen molar-refractivity contribution in [1.29, 1.82) is 0 Å². The van der Waals surface area contributed by atoms with Gasteiger partial charge >= 0.3 is 0 Å². The molecule has 1 aliphatic rings. The number of aliphatic hydroxyl groups is 2. The van der Waals surface area contributed by atoms with Gasteiger partial charge in [-0.2, -0.15) is 0 Å². The second kappa shape index (κ2) is 9.23. The van der Waals surface area contributed by atoms with Crippen LogP contribution in [-0.4, -0.2) is 73.6 Å². The van der Waals surface area contributed by atoms with Crippen LogP contribution in [-0.2, 0) is 11.2 Å². The molecule has 2 atom stereocenters. The first-order chi connectivity index (χ1) is 15.1. The van der Waals surface area contributed by atoms with Crippen LogP contribution in [0.25, 0.3) is 5.69 Å². The Balaban J connectivity index is 1.38. The van der Waals surface area contributed by atoms with E-state index in [1.54, 1.807) is 29.2 Å². The number of hydrogen-bond acceptors (Lipinski definition) is 7. The Morgan fingerprint density at radius 1 is 1.16 bits per heavy atom. The van der Waals surface area contributed by atoms with Gasteiger partial charge in [-0.3, -0.25) is 4.79 Å². The number of carbonyl (C=O) groups is 1. The molecular formula is C22H25N5O4. The van der Waals surface area contributed by atoms with Crippen molar-refractivity contribution in [2.24, 2.45) is 5.41 Å². The summed E-state index contributed by atoms with van der Waals surface area (Å²) in [6.07, 6.45) is 1.73. The zero-order valence-electron chi connectivity index (χ0n) is 17.0.